The zero-order valence-electron chi connectivity index (χ0n) is 15.1. The second kappa shape index (κ2) is 7.22. The van der Waals surface area contributed by atoms with Gasteiger partial charge in [0.1, 0.15) is 5.82 Å². The lowest BCUT2D eigenvalue weighted by Crippen LogP contribution is -2.30. The molecule has 1 aromatic carbocycles. The van der Waals surface area contributed by atoms with Gasteiger partial charge in [-0.3, -0.25) is 4.90 Å². The molecule has 0 bridgehead atoms. The Bertz CT molecular complexity index is 693. The van der Waals surface area contributed by atoms with E-state index in [2.05, 4.69) is 35.8 Å². The number of halogens is 1. The third-order valence-electron chi connectivity index (χ3n) is 4.73. The second-order valence-corrected chi connectivity index (χ2v) is 7.83. The van der Waals surface area contributed by atoms with E-state index in [1.54, 1.807) is 12.1 Å². The van der Waals surface area contributed by atoms with Crippen LogP contribution in [0.15, 0.2) is 28.8 Å². The summed E-state index contributed by atoms with van der Waals surface area (Å²) in [6, 6.07) is 6.32. The number of aromatic nitrogens is 2. The monoisotopic (exact) mass is 347 g/mol. The van der Waals surface area contributed by atoms with Gasteiger partial charge in [-0.1, -0.05) is 38.1 Å². The first-order valence-corrected chi connectivity index (χ1v) is 8.83. The van der Waals surface area contributed by atoms with Crippen molar-refractivity contribution in [2.24, 2.45) is 0 Å². The second-order valence-electron chi connectivity index (χ2n) is 7.83. The molecule has 1 saturated heterocycles. The normalized spacial score (nSPS) is 20.1. The number of likely N-dealkylation sites (tertiary alicyclic amines) is 1. The Labute approximate surface area is 147 Å². The van der Waals surface area contributed by atoms with Crippen molar-refractivity contribution in [3.8, 4) is 0 Å². The fraction of sp³-hybridized carbons (Fsp3) is 0.579. The number of aliphatic hydroxyl groups excluding tert-OH is 1. The van der Waals surface area contributed by atoms with E-state index in [-0.39, 0.29) is 17.3 Å². The fourth-order valence-electron chi connectivity index (χ4n) is 3.25. The summed E-state index contributed by atoms with van der Waals surface area (Å²) in [5.74, 6) is 1.04. The van der Waals surface area contributed by atoms with Gasteiger partial charge in [-0.15, -0.1) is 0 Å². The summed E-state index contributed by atoms with van der Waals surface area (Å²) in [4.78, 5) is 6.79. The highest BCUT2D eigenvalue weighted by Crippen LogP contribution is 2.29. The van der Waals surface area contributed by atoms with Gasteiger partial charge in [0, 0.05) is 11.5 Å². The minimum atomic E-state index is -0.598. The van der Waals surface area contributed by atoms with Crippen molar-refractivity contribution >= 4 is 0 Å². The molecule has 1 N–H and O–H groups in total. The predicted molar refractivity (Wildman–Crippen MR) is 92.4 cm³/mol. The van der Waals surface area contributed by atoms with Crippen LogP contribution in [-0.4, -0.2) is 32.7 Å². The summed E-state index contributed by atoms with van der Waals surface area (Å²) in [6.45, 7) is 7.72. The van der Waals surface area contributed by atoms with Crippen LogP contribution in [0, 0.1) is 5.82 Å². The van der Waals surface area contributed by atoms with Crippen molar-refractivity contribution in [1.82, 2.24) is 15.0 Å². The van der Waals surface area contributed by atoms with Crippen LogP contribution < -0.4 is 0 Å². The zero-order valence-corrected chi connectivity index (χ0v) is 15.1. The molecule has 1 fully saturated rings. The molecule has 0 amide bonds. The molecule has 136 valence electrons. The Kier molecular flexibility index (Phi) is 5.20. The highest BCUT2D eigenvalue weighted by atomic mass is 19.1. The standard InChI is InChI=1S/C19H26FN3O2/c1-19(2,3)18-21-17(25-22-18)12-23-10-4-5-15(23)11-16(24)13-6-8-14(20)9-7-13/h6-9,15-16,24H,4-5,10-12H2,1-3H3/t15-,16+/m1/s1. The molecule has 0 spiro atoms. The van der Waals surface area contributed by atoms with Crippen LogP contribution >= 0.6 is 0 Å². The molecule has 1 aliphatic heterocycles. The number of hydrogen-bond donors (Lipinski definition) is 1. The molecule has 25 heavy (non-hydrogen) atoms. The lowest BCUT2D eigenvalue weighted by atomic mass is 9.96. The van der Waals surface area contributed by atoms with Crippen LogP contribution in [0.2, 0.25) is 0 Å². The van der Waals surface area contributed by atoms with Crippen LogP contribution in [0.5, 0.6) is 0 Å². The Morgan fingerprint density at radius 1 is 1.32 bits per heavy atom. The molecular formula is C19H26FN3O2. The number of benzene rings is 1. The Hall–Kier alpha value is -1.79. The van der Waals surface area contributed by atoms with Gasteiger partial charge in [-0.05, 0) is 43.5 Å². The molecular weight excluding hydrogens is 321 g/mol. The average Bonchev–Trinajstić information content (AvgIpc) is 3.18. The van der Waals surface area contributed by atoms with E-state index in [0.29, 0.717) is 24.7 Å². The van der Waals surface area contributed by atoms with Gasteiger partial charge in [0.15, 0.2) is 5.82 Å². The van der Waals surface area contributed by atoms with Crippen molar-refractivity contribution in [3.63, 3.8) is 0 Å². The van der Waals surface area contributed by atoms with Gasteiger partial charge in [0.05, 0.1) is 12.6 Å². The van der Waals surface area contributed by atoms with Crippen LogP contribution in [-0.2, 0) is 12.0 Å². The van der Waals surface area contributed by atoms with Gasteiger partial charge < -0.3 is 9.63 Å². The molecule has 1 aliphatic rings. The van der Waals surface area contributed by atoms with E-state index in [4.69, 9.17) is 4.52 Å². The van der Waals surface area contributed by atoms with Gasteiger partial charge in [-0.2, -0.15) is 4.98 Å². The molecule has 1 aromatic heterocycles. The number of nitrogens with zero attached hydrogens (tertiary/aromatic N) is 3. The van der Waals surface area contributed by atoms with Gasteiger partial charge in [0.25, 0.3) is 0 Å². The van der Waals surface area contributed by atoms with Gasteiger partial charge in [0.2, 0.25) is 5.89 Å². The first-order chi connectivity index (χ1) is 11.8. The van der Waals surface area contributed by atoms with Crippen LogP contribution in [0.25, 0.3) is 0 Å². The summed E-state index contributed by atoms with van der Waals surface area (Å²) < 4.78 is 18.4. The lowest BCUT2D eigenvalue weighted by molar-refractivity contribution is 0.112. The Balaban J connectivity index is 1.62. The molecule has 2 atom stereocenters. The van der Waals surface area contributed by atoms with Crippen LogP contribution in [0.3, 0.4) is 0 Å². The highest BCUT2D eigenvalue weighted by molar-refractivity contribution is 5.18. The molecule has 0 radical (unpaired) electrons. The SMILES string of the molecule is CC(C)(C)c1noc(CN2CCC[C@@H]2C[C@H](O)c2ccc(F)cc2)n1. The largest absolute Gasteiger partial charge is 0.388 e. The number of rotatable bonds is 5. The third kappa shape index (κ3) is 4.44. The van der Waals surface area contributed by atoms with E-state index >= 15 is 0 Å². The highest BCUT2D eigenvalue weighted by Gasteiger charge is 2.29. The minimum Gasteiger partial charge on any atom is -0.388 e. The number of aliphatic hydroxyl groups is 1. The van der Waals surface area contributed by atoms with Crippen molar-refractivity contribution in [2.75, 3.05) is 6.54 Å². The van der Waals surface area contributed by atoms with Gasteiger partial charge >= 0.3 is 0 Å². The topological polar surface area (TPSA) is 62.4 Å². The summed E-state index contributed by atoms with van der Waals surface area (Å²) in [5, 5.41) is 14.5. The van der Waals surface area contributed by atoms with E-state index in [1.165, 1.54) is 12.1 Å². The quantitative estimate of drug-likeness (QED) is 0.895. The molecule has 0 unspecified atom stereocenters. The average molecular weight is 347 g/mol. The molecule has 2 aromatic rings. The smallest absolute Gasteiger partial charge is 0.240 e. The lowest BCUT2D eigenvalue weighted by Gasteiger charge is -2.25. The summed E-state index contributed by atoms with van der Waals surface area (Å²) in [7, 11) is 0. The van der Waals surface area contributed by atoms with Crippen LogP contribution in [0.1, 0.15) is 63.4 Å². The van der Waals surface area contributed by atoms with Crippen molar-refractivity contribution in [2.45, 2.75) is 64.1 Å². The maximum atomic E-state index is 13.0. The molecule has 5 nitrogen and oxygen atoms in total. The molecule has 2 heterocycles. The Morgan fingerprint density at radius 3 is 2.68 bits per heavy atom. The predicted octanol–water partition coefficient (Wildman–Crippen LogP) is 3.59. The maximum Gasteiger partial charge on any atom is 0.240 e. The summed E-state index contributed by atoms with van der Waals surface area (Å²) in [5.41, 5.74) is 0.617. The maximum absolute atomic E-state index is 13.0. The van der Waals surface area contributed by atoms with E-state index in [0.717, 1.165) is 24.9 Å². The third-order valence-corrected chi connectivity index (χ3v) is 4.73. The van der Waals surface area contributed by atoms with Crippen molar-refractivity contribution in [3.05, 3.63) is 47.4 Å². The van der Waals surface area contributed by atoms with E-state index in [9.17, 15) is 9.50 Å². The summed E-state index contributed by atoms with van der Waals surface area (Å²) in [6.07, 6.45) is 2.13. The molecule has 3 rings (SSSR count). The van der Waals surface area contributed by atoms with E-state index < -0.39 is 6.10 Å². The first kappa shape index (κ1) is 18.0. The zero-order chi connectivity index (χ0) is 18.0. The Morgan fingerprint density at radius 2 is 2.04 bits per heavy atom. The fourth-order valence-corrected chi connectivity index (χ4v) is 3.25. The van der Waals surface area contributed by atoms with E-state index in [1.807, 2.05) is 0 Å². The van der Waals surface area contributed by atoms with Crippen LogP contribution in [0.4, 0.5) is 4.39 Å². The van der Waals surface area contributed by atoms with Crippen molar-refractivity contribution in [1.29, 1.82) is 0 Å². The molecule has 0 aliphatic carbocycles. The molecule has 6 heteroatoms. The van der Waals surface area contributed by atoms with Gasteiger partial charge in [-0.25, -0.2) is 4.39 Å². The van der Waals surface area contributed by atoms with Crippen molar-refractivity contribution < 1.29 is 14.0 Å². The number of hydrogen-bond acceptors (Lipinski definition) is 5. The minimum absolute atomic E-state index is 0.134. The molecule has 0 saturated carbocycles. The first-order valence-electron chi connectivity index (χ1n) is 8.83. The summed E-state index contributed by atoms with van der Waals surface area (Å²) >= 11 is 0.